The Bertz CT molecular complexity index is 962. The van der Waals surface area contributed by atoms with Gasteiger partial charge in [-0.2, -0.15) is 5.26 Å². The predicted molar refractivity (Wildman–Crippen MR) is 82.4 cm³/mol. The Hall–Kier alpha value is -2.85. The Morgan fingerprint density at radius 1 is 1.22 bits per heavy atom. The van der Waals surface area contributed by atoms with Crippen molar-refractivity contribution in [3.63, 3.8) is 0 Å². The number of ether oxygens (including phenoxy) is 1. The lowest BCUT2D eigenvalue weighted by Crippen LogP contribution is -2.21. The number of rotatable bonds is 2. The van der Waals surface area contributed by atoms with Crippen LogP contribution in [0.5, 0.6) is 5.75 Å². The number of halogens is 1. The number of hydrogen-bond donors (Lipinski definition) is 0. The van der Waals surface area contributed by atoms with Gasteiger partial charge in [0.1, 0.15) is 17.6 Å². The predicted octanol–water partition coefficient (Wildman–Crippen LogP) is 3.12. The van der Waals surface area contributed by atoms with E-state index in [1.807, 2.05) is 0 Å². The van der Waals surface area contributed by atoms with Crippen LogP contribution in [0.3, 0.4) is 0 Å². The molecule has 0 fully saturated rings. The summed E-state index contributed by atoms with van der Waals surface area (Å²) in [7, 11) is -2.44. The van der Waals surface area contributed by atoms with Crippen molar-refractivity contribution in [3.8, 4) is 11.8 Å². The summed E-state index contributed by atoms with van der Waals surface area (Å²) < 4.78 is 43.5. The Labute approximate surface area is 132 Å². The van der Waals surface area contributed by atoms with Crippen LogP contribution in [-0.2, 0) is 9.84 Å². The maximum atomic E-state index is 13.6. The van der Waals surface area contributed by atoms with Gasteiger partial charge >= 0.3 is 0 Å². The molecule has 1 heterocycles. The standard InChI is InChI=1S/C16H11FN2O3S/c1-22-13-4-2-3-12(8-13)19-10-14(9-18)23(20,21)16-6-5-11(17)7-15(16)19/h2-8,10H,1H3. The fraction of sp³-hybridized carbons (Fsp3) is 0.0625. The van der Waals surface area contributed by atoms with Crippen LogP contribution in [0.25, 0.3) is 0 Å². The number of sulfone groups is 1. The zero-order valence-electron chi connectivity index (χ0n) is 12.0. The molecule has 5 nitrogen and oxygen atoms in total. The lowest BCUT2D eigenvalue weighted by molar-refractivity contribution is 0.415. The van der Waals surface area contributed by atoms with Crippen LogP contribution in [-0.4, -0.2) is 15.5 Å². The van der Waals surface area contributed by atoms with Gasteiger partial charge in [-0.05, 0) is 30.3 Å². The lowest BCUT2D eigenvalue weighted by atomic mass is 10.2. The molecule has 0 amide bonds. The minimum Gasteiger partial charge on any atom is -0.497 e. The first-order chi connectivity index (χ1) is 11.0. The maximum Gasteiger partial charge on any atom is 0.220 e. The average Bonchev–Trinajstić information content (AvgIpc) is 2.54. The summed E-state index contributed by atoms with van der Waals surface area (Å²) in [6, 6.07) is 11.8. The molecule has 2 aromatic rings. The third-order valence-electron chi connectivity index (χ3n) is 3.45. The van der Waals surface area contributed by atoms with Gasteiger partial charge in [0, 0.05) is 18.0 Å². The van der Waals surface area contributed by atoms with Crippen LogP contribution in [0.15, 0.2) is 58.5 Å². The highest BCUT2D eigenvalue weighted by Crippen LogP contribution is 2.40. The number of hydrogen-bond acceptors (Lipinski definition) is 5. The summed E-state index contributed by atoms with van der Waals surface area (Å²) >= 11 is 0. The first-order valence-corrected chi connectivity index (χ1v) is 8.05. The van der Waals surface area contributed by atoms with E-state index in [0.717, 1.165) is 18.2 Å². The van der Waals surface area contributed by atoms with Crippen molar-refractivity contribution < 1.29 is 17.5 Å². The van der Waals surface area contributed by atoms with E-state index in [1.54, 1.807) is 30.3 Å². The van der Waals surface area contributed by atoms with Gasteiger partial charge in [0.15, 0.2) is 4.91 Å². The normalized spacial score (nSPS) is 15.3. The van der Waals surface area contributed by atoms with Crippen molar-refractivity contribution in [1.82, 2.24) is 0 Å². The van der Waals surface area contributed by atoms with E-state index in [0.29, 0.717) is 11.4 Å². The summed E-state index contributed by atoms with van der Waals surface area (Å²) in [6.45, 7) is 0. The highest BCUT2D eigenvalue weighted by atomic mass is 32.2. The quantitative estimate of drug-likeness (QED) is 0.791. The zero-order chi connectivity index (χ0) is 16.6. The molecule has 2 aromatic carbocycles. The lowest BCUT2D eigenvalue weighted by Gasteiger charge is -2.27. The molecule has 0 N–H and O–H groups in total. The molecule has 1 aliphatic rings. The number of anilines is 2. The van der Waals surface area contributed by atoms with Gasteiger partial charge in [-0.1, -0.05) is 6.07 Å². The average molecular weight is 330 g/mol. The molecule has 0 atom stereocenters. The molecule has 0 saturated carbocycles. The van der Waals surface area contributed by atoms with Crippen molar-refractivity contribution in [2.24, 2.45) is 0 Å². The molecule has 0 aromatic heterocycles. The van der Waals surface area contributed by atoms with Gasteiger partial charge in [0.05, 0.1) is 17.7 Å². The van der Waals surface area contributed by atoms with E-state index in [2.05, 4.69) is 0 Å². The number of fused-ring (bicyclic) bond motifs is 1. The van der Waals surface area contributed by atoms with Crippen molar-refractivity contribution in [2.75, 3.05) is 12.0 Å². The molecular weight excluding hydrogens is 319 g/mol. The molecule has 0 spiro atoms. The molecule has 3 rings (SSSR count). The number of benzene rings is 2. The zero-order valence-corrected chi connectivity index (χ0v) is 12.8. The second kappa shape index (κ2) is 5.41. The molecule has 0 saturated heterocycles. The van der Waals surface area contributed by atoms with Crippen LogP contribution < -0.4 is 9.64 Å². The first kappa shape index (κ1) is 15.1. The van der Waals surface area contributed by atoms with E-state index in [1.165, 1.54) is 18.2 Å². The van der Waals surface area contributed by atoms with E-state index in [-0.39, 0.29) is 10.6 Å². The van der Waals surface area contributed by atoms with Gasteiger partial charge in [-0.3, -0.25) is 0 Å². The van der Waals surface area contributed by atoms with Crippen molar-refractivity contribution in [3.05, 3.63) is 59.4 Å². The van der Waals surface area contributed by atoms with Crippen LogP contribution >= 0.6 is 0 Å². The van der Waals surface area contributed by atoms with Crippen LogP contribution in [0.4, 0.5) is 15.8 Å². The van der Waals surface area contributed by atoms with E-state index >= 15 is 0 Å². The fourth-order valence-corrected chi connectivity index (χ4v) is 3.62. The fourth-order valence-electron chi connectivity index (χ4n) is 2.34. The molecular formula is C16H11FN2O3S. The third-order valence-corrected chi connectivity index (χ3v) is 5.15. The van der Waals surface area contributed by atoms with Crippen molar-refractivity contribution in [1.29, 1.82) is 5.26 Å². The number of methoxy groups -OCH3 is 1. The Morgan fingerprint density at radius 2 is 2.00 bits per heavy atom. The number of nitriles is 1. The van der Waals surface area contributed by atoms with Crippen LogP contribution in [0, 0.1) is 17.1 Å². The SMILES string of the molecule is COc1cccc(N2C=C(C#N)S(=O)(=O)c3ccc(F)cc32)c1. The molecule has 0 unspecified atom stereocenters. The summed E-state index contributed by atoms with van der Waals surface area (Å²) in [4.78, 5) is 0.945. The molecule has 7 heteroatoms. The Balaban J connectivity index is 2.28. The van der Waals surface area contributed by atoms with E-state index in [9.17, 15) is 12.8 Å². The van der Waals surface area contributed by atoms with E-state index < -0.39 is 20.6 Å². The van der Waals surface area contributed by atoms with Gasteiger partial charge in [0.25, 0.3) is 0 Å². The largest absolute Gasteiger partial charge is 0.497 e. The molecule has 0 radical (unpaired) electrons. The summed E-state index contributed by atoms with van der Waals surface area (Å²) in [5.41, 5.74) is 0.705. The highest BCUT2D eigenvalue weighted by molar-refractivity contribution is 7.95. The molecule has 0 aliphatic carbocycles. The topological polar surface area (TPSA) is 70.4 Å². The van der Waals surface area contributed by atoms with Gasteiger partial charge in [0.2, 0.25) is 9.84 Å². The van der Waals surface area contributed by atoms with Gasteiger partial charge in [-0.15, -0.1) is 0 Å². The second-order valence-corrected chi connectivity index (χ2v) is 6.68. The number of nitrogens with zero attached hydrogens (tertiary/aromatic N) is 2. The molecule has 116 valence electrons. The summed E-state index contributed by atoms with van der Waals surface area (Å²) in [5, 5.41) is 9.15. The second-order valence-electron chi connectivity index (χ2n) is 4.79. The molecule has 0 bridgehead atoms. The van der Waals surface area contributed by atoms with Gasteiger partial charge in [-0.25, -0.2) is 12.8 Å². The minimum atomic E-state index is -3.95. The van der Waals surface area contributed by atoms with Crippen molar-refractivity contribution in [2.45, 2.75) is 4.90 Å². The number of allylic oxidation sites excluding steroid dienone is 1. The monoisotopic (exact) mass is 330 g/mol. The van der Waals surface area contributed by atoms with Crippen molar-refractivity contribution >= 4 is 21.2 Å². The third kappa shape index (κ3) is 2.43. The first-order valence-electron chi connectivity index (χ1n) is 6.57. The summed E-state index contributed by atoms with van der Waals surface area (Å²) in [6.07, 6.45) is 1.19. The smallest absolute Gasteiger partial charge is 0.220 e. The van der Waals surface area contributed by atoms with Crippen LogP contribution in [0.2, 0.25) is 0 Å². The molecule has 23 heavy (non-hydrogen) atoms. The van der Waals surface area contributed by atoms with E-state index in [4.69, 9.17) is 10.00 Å². The van der Waals surface area contributed by atoms with Crippen LogP contribution in [0.1, 0.15) is 0 Å². The Kier molecular flexibility index (Phi) is 3.54. The maximum absolute atomic E-state index is 13.6. The summed E-state index contributed by atoms with van der Waals surface area (Å²) in [5.74, 6) is -0.0126. The Morgan fingerprint density at radius 3 is 2.70 bits per heavy atom. The highest BCUT2D eigenvalue weighted by Gasteiger charge is 2.32. The molecule has 1 aliphatic heterocycles. The minimum absolute atomic E-state index is 0.110. The van der Waals surface area contributed by atoms with Gasteiger partial charge < -0.3 is 9.64 Å².